The number of tetrazole rings is 1. The normalized spacial score (nSPS) is 14.1. The molecule has 0 unspecified atom stereocenters. The van der Waals surface area contributed by atoms with Crippen molar-refractivity contribution in [3.63, 3.8) is 0 Å². The second-order valence-corrected chi connectivity index (χ2v) is 7.39. The first-order chi connectivity index (χ1) is 11.3. The Labute approximate surface area is 141 Å². The van der Waals surface area contributed by atoms with Gasteiger partial charge in [0.1, 0.15) is 5.01 Å². The number of hydrogen-bond acceptors (Lipinski definition) is 8. The average Bonchev–Trinajstić information content (AvgIpc) is 3.13. The molecule has 1 aliphatic rings. The molecule has 0 bridgehead atoms. The van der Waals surface area contributed by atoms with Crippen LogP contribution in [-0.2, 0) is 6.54 Å². The van der Waals surface area contributed by atoms with E-state index in [1.54, 1.807) is 23.1 Å². The summed E-state index contributed by atoms with van der Waals surface area (Å²) in [4.78, 5) is 0. The zero-order chi connectivity index (χ0) is 15.6. The lowest BCUT2D eigenvalue weighted by molar-refractivity contribution is 0.615. The number of nitrogens with one attached hydrogen (secondary N) is 1. The predicted molar refractivity (Wildman–Crippen MR) is 90.5 cm³/mol. The van der Waals surface area contributed by atoms with Crippen molar-refractivity contribution < 1.29 is 0 Å². The maximum Gasteiger partial charge on any atom is 0.182 e. The Balaban J connectivity index is 1.50. The second-order valence-electron chi connectivity index (χ2n) is 5.28. The monoisotopic (exact) mass is 345 g/mol. The zero-order valence-electron chi connectivity index (χ0n) is 12.5. The number of nitrogens with zero attached hydrogens (tertiary/aromatic N) is 6. The van der Waals surface area contributed by atoms with Crippen molar-refractivity contribution in [1.29, 1.82) is 0 Å². The van der Waals surface area contributed by atoms with Crippen LogP contribution < -0.4 is 5.32 Å². The fourth-order valence-corrected chi connectivity index (χ4v) is 3.54. The molecule has 0 radical (unpaired) electrons. The Morgan fingerprint density at radius 1 is 1.30 bits per heavy atom. The number of thioether (sulfide) groups is 1. The van der Waals surface area contributed by atoms with Gasteiger partial charge < -0.3 is 5.32 Å². The topological polar surface area (TPSA) is 81.4 Å². The molecule has 2 heterocycles. The summed E-state index contributed by atoms with van der Waals surface area (Å²) < 4.78 is 2.91. The molecule has 1 fully saturated rings. The lowest BCUT2D eigenvalue weighted by atomic mass is 10.2. The van der Waals surface area contributed by atoms with E-state index < -0.39 is 0 Å². The largest absolute Gasteiger partial charge is 0.378 e. The van der Waals surface area contributed by atoms with Crippen LogP contribution in [0.15, 0.2) is 28.6 Å². The molecule has 118 valence electrons. The van der Waals surface area contributed by atoms with E-state index in [-0.39, 0.29) is 0 Å². The minimum Gasteiger partial charge on any atom is -0.378 e. The summed E-state index contributed by atoms with van der Waals surface area (Å²) in [5, 5.41) is 24.7. The van der Waals surface area contributed by atoms with Gasteiger partial charge >= 0.3 is 0 Å². The van der Waals surface area contributed by atoms with E-state index in [0.29, 0.717) is 12.6 Å². The van der Waals surface area contributed by atoms with Gasteiger partial charge in [0.25, 0.3) is 0 Å². The lowest BCUT2D eigenvalue weighted by Crippen LogP contribution is -2.01. The van der Waals surface area contributed by atoms with Gasteiger partial charge in [0, 0.05) is 11.3 Å². The van der Waals surface area contributed by atoms with Gasteiger partial charge in [0.15, 0.2) is 10.2 Å². The Hall–Kier alpha value is -2.00. The summed E-state index contributed by atoms with van der Waals surface area (Å²) in [5.41, 5.74) is 2.04. The second kappa shape index (κ2) is 6.25. The molecule has 7 nitrogen and oxygen atoms in total. The van der Waals surface area contributed by atoms with E-state index in [0.717, 1.165) is 39.3 Å². The van der Waals surface area contributed by atoms with Gasteiger partial charge in [-0.25, -0.2) is 4.68 Å². The number of anilines is 1. The summed E-state index contributed by atoms with van der Waals surface area (Å²) in [6.45, 7) is 0.662. The minimum absolute atomic E-state index is 0.461. The third kappa shape index (κ3) is 3.20. The smallest absolute Gasteiger partial charge is 0.182 e. The van der Waals surface area contributed by atoms with Gasteiger partial charge in [-0.1, -0.05) is 35.2 Å². The SMILES string of the molecule is CSc1nnc(CNc2cccc(-c3nnnn3C3CC3)c2)s1. The van der Waals surface area contributed by atoms with Crippen molar-refractivity contribution in [3.8, 4) is 11.4 Å². The first kappa shape index (κ1) is 14.6. The quantitative estimate of drug-likeness (QED) is 0.688. The first-order valence-corrected chi connectivity index (χ1v) is 9.36. The molecule has 9 heteroatoms. The lowest BCUT2D eigenvalue weighted by Gasteiger charge is -2.07. The van der Waals surface area contributed by atoms with Crippen LogP contribution in [0.1, 0.15) is 23.9 Å². The van der Waals surface area contributed by atoms with Crippen molar-refractivity contribution in [2.75, 3.05) is 11.6 Å². The number of hydrogen-bond donors (Lipinski definition) is 1. The summed E-state index contributed by atoms with van der Waals surface area (Å²) in [7, 11) is 0. The molecule has 0 amide bonds. The van der Waals surface area contributed by atoms with Crippen molar-refractivity contribution >= 4 is 28.8 Å². The van der Waals surface area contributed by atoms with Crippen LogP contribution >= 0.6 is 23.1 Å². The molecular weight excluding hydrogens is 330 g/mol. The van der Waals surface area contributed by atoms with Crippen LogP contribution in [-0.4, -0.2) is 36.7 Å². The fourth-order valence-electron chi connectivity index (χ4n) is 2.29. The van der Waals surface area contributed by atoms with Gasteiger partial charge in [-0.05, 0) is 41.7 Å². The van der Waals surface area contributed by atoms with Gasteiger partial charge in [0.2, 0.25) is 0 Å². The zero-order valence-corrected chi connectivity index (χ0v) is 14.1. The molecule has 1 N–H and O–H groups in total. The van der Waals surface area contributed by atoms with E-state index in [2.05, 4.69) is 37.1 Å². The highest BCUT2D eigenvalue weighted by atomic mass is 32.2. The standard InChI is InChI=1S/C14H15N7S2/c1-22-14-18-16-12(23-14)8-15-10-4-2-3-9(7-10)13-17-19-20-21(13)11-5-6-11/h2-4,7,11,15H,5-6,8H2,1H3. The number of aromatic nitrogens is 6. The van der Waals surface area contributed by atoms with Gasteiger partial charge in [0.05, 0.1) is 12.6 Å². The highest BCUT2D eigenvalue weighted by molar-refractivity contribution is 8.00. The summed E-state index contributed by atoms with van der Waals surface area (Å²) in [5.74, 6) is 0.830. The molecule has 2 aromatic heterocycles. The van der Waals surface area contributed by atoms with E-state index in [9.17, 15) is 0 Å². The van der Waals surface area contributed by atoms with E-state index in [1.165, 1.54) is 0 Å². The van der Waals surface area contributed by atoms with Crippen LogP contribution in [0.3, 0.4) is 0 Å². The Morgan fingerprint density at radius 3 is 3.00 bits per heavy atom. The Morgan fingerprint density at radius 2 is 2.22 bits per heavy atom. The third-order valence-corrected chi connectivity index (χ3v) is 5.47. The molecule has 1 aliphatic carbocycles. The number of benzene rings is 1. The molecule has 0 spiro atoms. The molecule has 1 saturated carbocycles. The molecule has 0 saturated heterocycles. The van der Waals surface area contributed by atoms with Crippen molar-refractivity contribution in [1.82, 2.24) is 30.4 Å². The van der Waals surface area contributed by atoms with Crippen LogP contribution in [0.2, 0.25) is 0 Å². The van der Waals surface area contributed by atoms with Gasteiger partial charge in [-0.15, -0.1) is 15.3 Å². The third-order valence-electron chi connectivity index (χ3n) is 3.57. The maximum atomic E-state index is 4.17. The molecule has 23 heavy (non-hydrogen) atoms. The molecule has 4 rings (SSSR count). The highest BCUT2D eigenvalue weighted by Crippen LogP contribution is 2.36. The van der Waals surface area contributed by atoms with Crippen LogP contribution in [0.4, 0.5) is 5.69 Å². The first-order valence-electron chi connectivity index (χ1n) is 7.32. The van der Waals surface area contributed by atoms with Crippen LogP contribution in [0.25, 0.3) is 11.4 Å². The van der Waals surface area contributed by atoms with Gasteiger partial charge in [-0.2, -0.15) is 0 Å². The molecule has 3 aromatic rings. The van der Waals surface area contributed by atoms with Gasteiger partial charge in [-0.3, -0.25) is 0 Å². The predicted octanol–water partition coefficient (Wildman–Crippen LogP) is 2.86. The molecule has 1 aromatic carbocycles. The number of rotatable bonds is 6. The summed E-state index contributed by atoms with van der Waals surface area (Å²) in [6.07, 6.45) is 4.32. The Kier molecular flexibility index (Phi) is 3.96. The summed E-state index contributed by atoms with van der Waals surface area (Å²) in [6, 6.07) is 8.61. The summed E-state index contributed by atoms with van der Waals surface area (Å²) >= 11 is 3.22. The van der Waals surface area contributed by atoms with E-state index in [1.807, 2.05) is 29.1 Å². The molecular formula is C14H15N7S2. The van der Waals surface area contributed by atoms with Crippen molar-refractivity contribution in [3.05, 3.63) is 29.3 Å². The maximum absolute atomic E-state index is 4.17. The highest BCUT2D eigenvalue weighted by Gasteiger charge is 2.28. The Bertz CT molecular complexity index is 809. The molecule has 0 atom stereocenters. The van der Waals surface area contributed by atoms with E-state index in [4.69, 9.17) is 0 Å². The fraction of sp³-hybridized carbons (Fsp3) is 0.357. The van der Waals surface area contributed by atoms with Crippen molar-refractivity contribution in [2.24, 2.45) is 0 Å². The minimum atomic E-state index is 0.461. The average molecular weight is 345 g/mol. The van der Waals surface area contributed by atoms with Crippen LogP contribution in [0, 0.1) is 0 Å². The van der Waals surface area contributed by atoms with Crippen molar-refractivity contribution in [2.45, 2.75) is 29.8 Å². The van der Waals surface area contributed by atoms with Crippen LogP contribution in [0.5, 0.6) is 0 Å². The van der Waals surface area contributed by atoms with E-state index >= 15 is 0 Å². The molecule has 0 aliphatic heterocycles.